The summed E-state index contributed by atoms with van der Waals surface area (Å²) in [7, 11) is -3.73. The zero-order valence-corrected chi connectivity index (χ0v) is 20.2. The molecule has 2 aromatic rings. The lowest BCUT2D eigenvalue weighted by Gasteiger charge is -2.34. The van der Waals surface area contributed by atoms with Crippen LogP contribution in [0.5, 0.6) is 0 Å². The molecule has 2 fully saturated rings. The van der Waals surface area contributed by atoms with Gasteiger partial charge in [0.05, 0.1) is 24.3 Å². The summed E-state index contributed by atoms with van der Waals surface area (Å²) >= 11 is 7.91. The second kappa shape index (κ2) is 10.6. The second-order valence-electron chi connectivity index (χ2n) is 8.00. The summed E-state index contributed by atoms with van der Waals surface area (Å²) in [6, 6.07) is 8.59. The van der Waals surface area contributed by atoms with Gasteiger partial charge in [0.25, 0.3) is 5.91 Å². The van der Waals surface area contributed by atoms with Crippen LogP contribution < -0.4 is 5.32 Å². The Labute approximate surface area is 198 Å². The third-order valence-corrected chi connectivity index (χ3v) is 9.29. The third-order valence-electron chi connectivity index (χ3n) is 5.94. The monoisotopic (exact) mass is 497 g/mol. The fraction of sp³-hybridized carbons (Fsp3) is 0.500. The fourth-order valence-electron chi connectivity index (χ4n) is 4.16. The van der Waals surface area contributed by atoms with Crippen molar-refractivity contribution >= 4 is 38.9 Å². The van der Waals surface area contributed by atoms with Crippen molar-refractivity contribution < 1.29 is 17.9 Å². The average molecular weight is 498 g/mol. The summed E-state index contributed by atoms with van der Waals surface area (Å²) in [5.41, 5.74) is 0.289. The zero-order chi connectivity index (χ0) is 22.6. The molecule has 1 atom stereocenters. The number of rotatable bonds is 7. The van der Waals surface area contributed by atoms with Gasteiger partial charge in [-0.15, -0.1) is 11.3 Å². The molecule has 1 aromatic heterocycles. The van der Waals surface area contributed by atoms with Crippen LogP contribution in [-0.2, 0) is 14.8 Å². The molecule has 0 aliphatic carbocycles. The SMILES string of the molecule is O=C(NCC(c1cccs1)N1CCOCC1)c1ccc(Cl)c(S(=O)(=O)N2CCCCC2)c1. The van der Waals surface area contributed by atoms with E-state index in [1.807, 2.05) is 11.4 Å². The quantitative estimate of drug-likeness (QED) is 0.634. The van der Waals surface area contributed by atoms with E-state index in [1.54, 1.807) is 17.4 Å². The second-order valence-corrected chi connectivity index (χ2v) is 11.3. The van der Waals surface area contributed by atoms with E-state index in [0.29, 0.717) is 32.8 Å². The van der Waals surface area contributed by atoms with Gasteiger partial charge >= 0.3 is 0 Å². The van der Waals surface area contributed by atoms with E-state index in [-0.39, 0.29) is 27.4 Å². The lowest BCUT2D eigenvalue weighted by molar-refractivity contribution is 0.0169. The number of halogens is 1. The van der Waals surface area contributed by atoms with Gasteiger partial charge < -0.3 is 10.1 Å². The molecule has 1 N–H and O–H groups in total. The molecule has 10 heteroatoms. The average Bonchev–Trinajstić information content (AvgIpc) is 3.35. The fourth-order valence-corrected chi connectivity index (χ4v) is 7.04. The Morgan fingerprint density at radius 2 is 1.88 bits per heavy atom. The Bertz CT molecular complexity index is 1020. The predicted molar refractivity (Wildman–Crippen MR) is 126 cm³/mol. The van der Waals surface area contributed by atoms with Gasteiger partial charge in [0, 0.05) is 43.2 Å². The minimum atomic E-state index is -3.73. The van der Waals surface area contributed by atoms with E-state index in [9.17, 15) is 13.2 Å². The Morgan fingerprint density at radius 1 is 1.12 bits per heavy atom. The number of morpholine rings is 1. The first kappa shape index (κ1) is 23.7. The topological polar surface area (TPSA) is 79.0 Å². The summed E-state index contributed by atoms with van der Waals surface area (Å²) in [6.07, 6.45) is 2.70. The largest absolute Gasteiger partial charge is 0.379 e. The van der Waals surface area contributed by atoms with Gasteiger partial charge in [-0.05, 0) is 42.5 Å². The van der Waals surface area contributed by atoms with Crippen molar-refractivity contribution in [2.75, 3.05) is 45.9 Å². The van der Waals surface area contributed by atoms with Gasteiger partial charge in [-0.2, -0.15) is 4.31 Å². The molecule has 4 rings (SSSR count). The number of sulfonamides is 1. The van der Waals surface area contributed by atoms with Gasteiger partial charge in [-0.1, -0.05) is 24.1 Å². The van der Waals surface area contributed by atoms with Gasteiger partial charge in [0.2, 0.25) is 10.0 Å². The zero-order valence-electron chi connectivity index (χ0n) is 17.8. The molecule has 0 bridgehead atoms. The van der Waals surface area contributed by atoms with Crippen LogP contribution in [0.2, 0.25) is 5.02 Å². The van der Waals surface area contributed by atoms with Crippen molar-refractivity contribution in [1.29, 1.82) is 0 Å². The molecule has 0 radical (unpaired) electrons. The number of thiophene rings is 1. The lowest BCUT2D eigenvalue weighted by atomic mass is 10.1. The number of hydrogen-bond acceptors (Lipinski definition) is 6. The Balaban J connectivity index is 1.50. The highest BCUT2D eigenvalue weighted by molar-refractivity contribution is 7.89. The number of piperidine rings is 1. The maximum Gasteiger partial charge on any atom is 0.251 e. The van der Waals surface area contributed by atoms with Crippen LogP contribution in [-0.4, -0.2) is 69.5 Å². The summed E-state index contributed by atoms with van der Waals surface area (Å²) in [5, 5.41) is 5.16. The minimum absolute atomic E-state index is 0.00305. The van der Waals surface area contributed by atoms with Crippen molar-refractivity contribution in [3.05, 3.63) is 51.2 Å². The van der Waals surface area contributed by atoms with Crippen molar-refractivity contribution in [2.24, 2.45) is 0 Å². The van der Waals surface area contributed by atoms with Crippen molar-refractivity contribution in [3.8, 4) is 0 Å². The first-order valence-corrected chi connectivity index (χ1v) is 13.6. The molecule has 1 unspecified atom stereocenters. The maximum absolute atomic E-state index is 13.1. The number of nitrogens with one attached hydrogen (secondary N) is 1. The standard InChI is InChI=1S/C22H28ClN3O4S2/c23-18-7-6-17(15-21(18)32(28,29)26-8-2-1-3-9-26)22(27)24-16-19(20-5-4-14-31-20)25-10-12-30-13-11-25/h4-7,14-15,19H,1-3,8-13,16H2,(H,24,27). The van der Waals surface area contributed by atoms with Crippen molar-refractivity contribution in [2.45, 2.75) is 30.2 Å². The number of carbonyl (C=O) groups is 1. The summed E-state index contributed by atoms with van der Waals surface area (Å²) < 4.78 is 33.1. The van der Waals surface area contributed by atoms with Crippen LogP contribution in [0.1, 0.15) is 40.5 Å². The van der Waals surface area contributed by atoms with Crippen molar-refractivity contribution in [3.63, 3.8) is 0 Å². The molecule has 7 nitrogen and oxygen atoms in total. The molecule has 0 spiro atoms. The number of benzene rings is 1. The van der Waals surface area contributed by atoms with E-state index in [0.717, 1.165) is 32.4 Å². The molecule has 2 aliphatic rings. The smallest absolute Gasteiger partial charge is 0.251 e. The van der Waals surface area contributed by atoms with Gasteiger partial charge in [-0.25, -0.2) is 8.42 Å². The number of nitrogens with zero attached hydrogens (tertiary/aromatic N) is 2. The van der Waals surface area contributed by atoms with Gasteiger partial charge in [0.15, 0.2) is 0 Å². The van der Waals surface area contributed by atoms with Crippen molar-refractivity contribution in [1.82, 2.24) is 14.5 Å². The van der Waals surface area contributed by atoms with Crippen LogP contribution in [0, 0.1) is 0 Å². The Morgan fingerprint density at radius 3 is 2.56 bits per heavy atom. The van der Waals surface area contributed by atoms with Crippen LogP contribution in [0.3, 0.4) is 0 Å². The first-order chi connectivity index (χ1) is 15.5. The number of hydrogen-bond donors (Lipinski definition) is 1. The van der Waals surface area contributed by atoms with Crippen LogP contribution in [0.15, 0.2) is 40.6 Å². The first-order valence-electron chi connectivity index (χ1n) is 10.9. The number of carbonyl (C=O) groups excluding carboxylic acids is 1. The highest BCUT2D eigenvalue weighted by atomic mass is 35.5. The van der Waals surface area contributed by atoms with E-state index < -0.39 is 10.0 Å². The van der Waals surface area contributed by atoms with Gasteiger partial charge in [0.1, 0.15) is 4.90 Å². The summed E-state index contributed by atoms with van der Waals surface area (Å²) in [6.45, 7) is 4.34. The molecule has 1 aromatic carbocycles. The number of ether oxygens (including phenoxy) is 1. The van der Waals surface area contributed by atoms with Gasteiger partial charge in [-0.3, -0.25) is 9.69 Å². The molecule has 3 heterocycles. The van der Waals surface area contributed by atoms with E-state index >= 15 is 0 Å². The molecule has 1 amide bonds. The molecule has 174 valence electrons. The predicted octanol–water partition coefficient (Wildman–Crippen LogP) is 3.38. The highest BCUT2D eigenvalue weighted by Gasteiger charge is 2.29. The molecular formula is C22H28ClN3O4S2. The Kier molecular flexibility index (Phi) is 7.86. The Hall–Kier alpha value is -1.49. The third kappa shape index (κ3) is 5.35. The molecular weight excluding hydrogens is 470 g/mol. The normalized spacial score (nSPS) is 19.5. The summed E-state index contributed by atoms with van der Waals surface area (Å²) in [5.74, 6) is -0.313. The lowest BCUT2D eigenvalue weighted by Crippen LogP contribution is -2.43. The maximum atomic E-state index is 13.1. The highest BCUT2D eigenvalue weighted by Crippen LogP contribution is 2.29. The van der Waals surface area contributed by atoms with Crippen LogP contribution >= 0.6 is 22.9 Å². The minimum Gasteiger partial charge on any atom is -0.379 e. The van der Waals surface area contributed by atoms with Crippen LogP contribution in [0.4, 0.5) is 0 Å². The van der Waals surface area contributed by atoms with E-state index in [1.165, 1.54) is 21.3 Å². The molecule has 0 saturated carbocycles. The van der Waals surface area contributed by atoms with E-state index in [2.05, 4.69) is 16.3 Å². The van der Waals surface area contributed by atoms with Crippen LogP contribution in [0.25, 0.3) is 0 Å². The van der Waals surface area contributed by atoms with E-state index in [4.69, 9.17) is 16.3 Å². The molecule has 2 saturated heterocycles. The summed E-state index contributed by atoms with van der Waals surface area (Å²) in [4.78, 5) is 16.4. The number of amides is 1. The molecule has 2 aliphatic heterocycles. The molecule has 32 heavy (non-hydrogen) atoms.